The third kappa shape index (κ3) is 4.48. The largest absolute Gasteiger partial charge is 0.418 e. The van der Waals surface area contributed by atoms with Crippen LogP contribution < -0.4 is 10.6 Å². The summed E-state index contributed by atoms with van der Waals surface area (Å²) in [6.07, 6.45) is -4.72. The van der Waals surface area contributed by atoms with Gasteiger partial charge in [-0.25, -0.2) is 0 Å². The van der Waals surface area contributed by atoms with Gasteiger partial charge in [-0.2, -0.15) is 13.2 Å². The van der Waals surface area contributed by atoms with Crippen LogP contribution in [-0.2, 0) is 15.8 Å². The average Bonchev–Trinajstić information content (AvgIpc) is 2.50. The Morgan fingerprint density at radius 1 is 0.958 bits per heavy atom. The summed E-state index contributed by atoms with van der Waals surface area (Å²) in [5.41, 5.74) is -0.372. The van der Waals surface area contributed by atoms with Crippen molar-refractivity contribution in [3.05, 3.63) is 58.6 Å². The van der Waals surface area contributed by atoms with E-state index in [1.165, 1.54) is 6.07 Å². The highest BCUT2D eigenvalue weighted by Crippen LogP contribution is 2.36. The summed E-state index contributed by atoms with van der Waals surface area (Å²) in [6.45, 7) is 1.84. The van der Waals surface area contributed by atoms with E-state index >= 15 is 0 Å². The van der Waals surface area contributed by atoms with Crippen molar-refractivity contribution in [1.29, 1.82) is 0 Å². The van der Waals surface area contributed by atoms with E-state index in [1.54, 1.807) is 24.3 Å². The van der Waals surface area contributed by atoms with Crippen LogP contribution in [0.25, 0.3) is 0 Å². The molecule has 0 bridgehead atoms. The fourth-order valence-electron chi connectivity index (χ4n) is 1.86. The van der Waals surface area contributed by atoms with Gasteiger partial charge in [-0.15, -0.1) is 0 Å². The zero-order valence-electron chi connectivity index (χ0n) is 12.4. The number of rotatable bonds is 2. The van der Waals surface area contributed by atoms with Crippen molar-refractivity contribution in [2.75, 3.05) is 10.6 Å². The molecule has 0 atom stereocenters. The van der Waals surface area contributed by atoms with E-state index in [4.69, 9.17) is 11.6 Å². The maximum absolute atomic E-state index is 13.0. The zero-order valence-corrected chi connectivity index (χ0v) is 13.1. The van der Waals surface area contributed by atoms with Crippen LogP contribution in [0.15, 0.2) is 42.5 Å². The first-order valence-corrected chi connectivity index (χ1v) is 7.10. The van der Waals surface area contributed by atoms with Gasteiger partial charge in [0, 0.05) is 10.7 Å². The van der Waals surface area contributed by atoms with E-state index < -0.39 is 29.2 Å². The lowest BCUT2D eigenvalue weighted by Crippen LogP contribution is -2.30. The van der Waals surface area contributed by atoms with E-state index in [0.29, 0.717) is 11.8 Å². The van der Waals surface area contributed by atoms with Crippen LogP contribution in [0.5, 0.6) is 0 Å². The standard InChI is InChI=1S/C16H12ClF3N2O2/c1-9-2-5-11(6-3-9)21-14(23)15(24)22-13-7-4-10(17)8-12(13)16(18,19)20/h2-8H,1H3,(H,21,23)(H,22,24). The number of hydrogen-bond acceptors (Lipinski definition) is 2. The molecular weight excluding hydrogens is 345 g/mol. The molecule has 2 rings (SSSR count). The molecule has 126 valence electrons. The van der Waals surface area contributed by atoms with Gasteiger partial charge in [0.05, 0.1) is 11.3 Å². The second kappa shape index (κ2) is 6.92. The highest BCUT2D eigenvalue weighted by Gasteiger charge is 2.34. The molecule has 8 heteroatoms. The molecule has 0 saturated carbocycles. The highest BCUT2D eigenvalue weighted by molar-refractivity contribution is 6.43. The number of aryl methyl sites for hydroxylation is 1. The normalized spacial score (nSPS) is 11.0. The Kier molecular flexibility index (Phi) is 5.14. The molecule has 0 heterocycles. The molecule has 0 aliphatic carbocycles. The Morgan fingerprint density at radius 3 is 2.12 bits per heavy atom. The first kappa shape index (κ1) is 17.8. The number of alkyl halides is 3. The molecule has 0 saturated heterocycles. The van der Waals surface area contributed by atoms with Crippen LogP contribution in [0.1, 0.15) is 11.1 Å². The van der Waals surface area contributed by atoms with Gasteiger partial charge in [0.15, 0.2) is 0 Å². The summed E-state index contributed by atoms with van der Waals surface area (Å²) >= 11 is 5.55. The van der Waals surface area contributed by atoms with Crippen LogP contribution >= 0.6 is 11.6 Å². The Hall–Kier alpha value is -2.54. The van der Waals surface area contributed by atoms with Gasteiger partial charge < -0.3 is 10.6 Å². The van der Waals surface area contributed by atoms with Gasteiger partial charge in [0.25, 0.3) is 0 Å². The molecule has 2 aromatic rings. The molecule has 2 amide bonds. The average molecular weight is 357 g/mol. The molecule has 0 aliphatic rings. The van der Waals surface area contributed by atoms with E-state index in [9.17, 15) is 22.8 Å². The number of benzene rings is 2. The summed E-state index contributed by atoms with van der Waals surface area (Å²) in [6, 6.07) is 9.43. The maximum Gasteiger partial charge on any atom is 0.418 e. The number of carbonyl (C=O) groups is 2. The van der Waals surface area contributed by atoms with Crippen molar-refractivity contribution >= 4 is 34.8 Å². The molecule has 0 aromatic heterocycles. The van der Waals surface area contributed by atoms with Gasteiger partial charge in [-0.05, 0) is 37.3 Å². The van der Waals surface area contributed by atoms with Crippen molar-refractivity contribution in [2.24, 2.45) is 0 Å². The summed E-state index contributed by atoms with van der Waals surface area (Å²) in [7, 11) is 0. The lowest BCUT2D eigenvalue weighted by atomic mass is 10.1. The van der Waals surface area contributed by atoms with Gasteiger partial charge in [0.1, 0.15) is 0 Å². The Morgan fingerprint density at radius 2 is 1.54 bits per heavy atom. The first-order valence-electron chi connectivity index (χ1n) is 6.72. The molecule has 0 aliphatic heterocycles. The quantitative estimate of drug-likeness (QED) is 0.790. The molecule has 0 radical (unpaired) electrons. The van der Waals surface area contributed by atoms with Crippen molar-refractivity contribution in [2.45, 2.75) is 13.1 Å². The van der Waals surface area contributed by atoms with Crippen molar-refractivity contribution in [3.63, 3.8) is 0 Å². The maximum atomic E-state index is 13.0. The van der Waals surface area contributed by atoms with Gasteiger partial charge in [0.2, 0.25) is 0 Å². The number of carbonyl (C=O) groups excluding carboxylic acids is 2. The van der Waals surface area contributed by atoms with Crippen LogP contribution in [0.3, 0.4) is 0 Å². The van der Waals surface area contributed by atoms with Crippen LogP contribution in [0, 0.1) is 6.92 Å². The number of nitrogens with one attached hydrogen (secondary N) is 2. The van der Waals surface area contributed by atoms with Crippen molar-refractivity contribution in [3.8, 4) is 0 Å². The fourth-order valence-corrected chi connectivity index (χ4v) is 2.04. The number of amides is 2. The van der Waals surface area contributed by atoms with E-state index in [0.717, 1.165) is 11.6 Å². The monoisotopic (exact) mass is 356 g/mol. The third-order valence-corrected chi connectivity index (χ3v) is 3.29. The van der Waals surface area contributed by atoms with E-state index in [-0.39, 0.29) is 5.02 Å². The second-order valence-corrected chi connectivity index (χ2v) is 5.40. The molecule has 0 unspecified atom stereocenters. The highest BCUT2D eigenvalue weighted by atomic mass is 35.5. The summed E-state index contributed by atoms with van der Waals surface area (Å²) in [5, 5.41) is 4.11. The predicted octanol–water partition coefficient (Wildman–Crippen LogP) is 4.24. The number of anilines is 2. The van der Waals surface area contributed by atoms with Crippen molar-refractivity contribution < 1.29 is 22.8 Å². The Labute approximate surface area is 140 Å². The van der Waals surface area contributed by atoms with Crippen LogP contribution in [0.4, 0.5) is 24.5 Å². The van der Waals surface area contributed by atoms with Crippen molar-refractivity contribution in [1.82, 2.24) is 0 Å². The molecule has 2 aromatic carbocycles. The van der Waals surface area contributed by atoms with E-state index in [2.05, 4.69) is 5.32 Å². The minimum Gasteiger partial charge on any atom is -0.318 e. The summed E-state index contributed by atoms with van der Waals surface area (Å²) < 4.78 is 38.9. The molecule has 0 fully saturated rings. The fraction of sp³-hybridized carbons (Fsp3) is 0.125. The molecule has 0 spiro atoms. The Balaban J connectivity index is 2.14. The summed E-state index contributed by atoms with van der Waals surface area (Å²) in [5.74, 6) is -2.30. The molecule has 24 heavy (non-hydrogen) atoms. The topological polar surface area (TPSA) is 58.2 Å². The lowest BCUT2D eigenvalue weighted by molar-refractivity contribution is -0.137. The van der Waals surface area contributed by atoms with E-state index in [1.807, 2.05) is 12.2 Å². The molecule has 2 N–H and O–H groups in total. The first-order chi connectivity index (χ1) is 11.2. The SMILES string of the molecule is Cc1ccc(NC(=O)C(=O)Nc2ccc(Cl)cc2C(F)(F)F)cc1. The summed E-state index contributed by atoms with van der Waals surface area (Å²) in [4.78, 5) is 23.6. The van der Waals surface area contributed by atoms with Gasteiger partial charge in [-0.1, -0.05) is 29.3 Å². The smallest absolute Gasteiger partial charge is 0.318 e. The van der Waals surface area contributed by atoms with Gasteiger partial charge >= 0.3 is 18.0 Å². The van der Waals surface area contributed by atoms with Gasteiger partial charge in [-0.3, -0.25) is 9.59 Å². The van der Waals surface area contributed by atoms with Crippen LogP contribution in [-0.4, -0.2) is 11.8 Å². The predicted molar refractivity (Wildman–Crippen MR) is 84.9 cm³/mol. The minimum absolute atomic E-state index is 0.135. The minimum atomic E-state index is -4.72. The third-order valence-electron chi connectivity index (χ3n) is 3.05. The number of hydrogen-bond donors (Lipinski definition) is 2. The van der Waals surface area contributed by atoms with Crippen LogP contribution in [0.2, 0.25) is 5.02 Å². The Bertz CT molecular complexity index is 774. The zero-order chi connectivity index (χ0) is 17.9. The number of halogens is 4. The molecular formula is C16H12ClF3N2O2. The second-order valence-electron chi connectivity index (χ2n) is 4.96. The molecule has 4 nitrogen and oxygen atoms in total. The lowest BCUT2D eigenvalue weighted by Gasteiger charge is -2.14.